The van der Waals surface area contributed by atoms with Gasteiger partial charge in [-0.15, -0.1) is 0 Å². The molecule has 1 aromatic rings. The zero-order chi connectivity index (χ0) is 16.9. The van der Waals surface area contributed by atoms with Crippen LogP contribution in [0.4, 0.5) is 0 Å². The molecule has 0 radical (unpaired) electrons. The van der Waals surface area contributed by atoms with E-state index in [1.54, 1.807) is 0 Å². The molecular formula is C19H32N4. The summed E-state index contributed by atoms with van der Waals surface area (Å²) in [5, 5.41) is 6.92. The van der Waals surface area contributed by atoms with Gasteiger partial charge < -0.3 is 10.6 Å². The topological polar surface area (TPSA) is 39.7 Å². The van der Waals surface area contributed by atoms with E-state index in [4.69, 9.17) is 0 Å². The number of guanidine groups is 1. The average molecular weight is 316 g/mol. The van der Waals surface area contributed by atoms with Crippen LogP contribution in [0.15, 0.2) is 35.3 Å². The highest BCUT2D eigenvalue weighted by molar-refractivity contribution is 5.79. The molecular weight excluding hydrogens is 284 g/mol. The monoisotopic (exact) mass is 316 g/mol. The van der Waals surface area contributed by atoms with Crippen LogP contribution in [0.3, 0.4) is 0 Å². The Bertz CT molecular complexity index is 505. The normalized spacial score (nSPS) is 17.2. The maximum atomic E-state index is 4.35. The van der Waals surface area contributed by atoms with E-state index in [0.717, 1.165) is 25.1 Å². The molecule has 0 amide bonds. The fourth-order valence-corrected chi connectivity index (χ4v) is 2.75. The van der Waals surface area contributed by atoms with Crippen LogP contribution < -0.4 is 10.6 Å². The van der Waals surface area contributed by atoms with E-state index in [-0.39, 0.29) is 5.41 Å². The third kappa shape index (κ3) is 5.24. The van der Waals surface area contributed by atoms with E-state index in [0.29, 0.717) is 6.04 Å². The standard InChI is InChI=1S/C19H32N4/c1-15(23(5)17-11-12-17)13-21-18(20-4)22-14-19(2,3)16-9-7-6-8-10-16/h6-10,15,17H,11-14H2,1-5H3,(H2,20,21,22). The molecule has 2 N–H and O–H groups in total. The number of hydrogen-bond donors (Lipinski definition) is 2. The molecule has 2 rings (SSSR count). The molecule has 1 saturated carbocycles. The fraction of sp³-hybridized carbons (Fsp3) is 0.632. The van der Waals surface area contributed by atoms with Crippen molar-refractivity contribution < 1.29 is 0 Å². The van der Waals surface area contributed by atoms with Crippen molar-refractivity contribution in [3.05, 3.63) is 35.9 Å². The van der Waals surface area contributed by atoms with Crippen molar-refractivity contribution in [2.24, 2.45) is 4.99 Å². The van der Waals surface area contributed by atoms with Gasteiger partial charge >= 0.3 is 0 Å². The Labute approximate surface area is 141 Å². The highest BCUT2D eigenvalue weighted by atomic mass is 15.2. The summed E-state index contributed by atoms with van der Waals surface area (Å²) in [5.74, 6) is 0.880. The molecule has 1 unspecified atom stereocenters. The van der Waals surface area contributed by atoms with Gasteiger partial charge in [-0.2, -0.15) is 0 Å². The summed E-state index contributed by atoms with van der Waals surface area (Å²) in [6, 6.07) is 11.9. The van der Waals surface area contributed by atoms with Crippen molar-refractivity contribution in [1.82, 2.24) is 15.5 Å². The molecule has 0 aliphatic heterocycles. The molecule has 4 heteroatoms. The van der Waals surface area contributed by atoms with Crippen LogP contribution in [0.5, 0.6) is 0 Å². The van der Waals surface area contributed by atoms with Crippen molar-refractivity contribution in [2.75, 3.05) is 27.2 Å². The predicted molar refractivity (Wildman–Crippen MR) is 99.1 cm³/mol. The highest BCUT2D eigenvalue weighted by Crippen LogP contribution is 2.26. The van der Waals surface area contributed by atoms with Crippen molar-refractivity contribution in [2.45, 2.75) is 51.1 Å². The van der Waals surface area contributed by atoms with Gasteiger partial charge in [-0.25, -0.2) is 0 Å². The quantitative estimate of drug-likeness (QED) is 0.600. The van der Waals surface area contributed by atoms with Crippen LogP contribution in [0.2, 0.25) is 0 Å². The number of likely N-dealkylation sites (N-methyl/N-ethyl adjacent to an activating group) is 1. The number of benzene rings is 1. The fourth-order valence-electron chi connectivity index (χ4n) is 2.75. The van der Waals surface area contributed by atoms with Gasteiger partial charge in [0.2, 0.25) is 0 Å². The third-order valence-corrected chi connectivity index (χ3v) is 4.86. The van der Waals surface area contributed by atoms with Gasteiger partial charge in [0.1, 0.15) is 0 Å². The minimum absolute atomic E-state index is 0.0648. The first-order valence-electron chi connectivity index (χ1n) is 8.66. The summed E-state index contributed by atoms with van der Waals surface area (Å²) in [4.78, 5) is 6.82. The summed E-state index contributed by atoms with van der Waals surface area (Å²) < 4.78 is 0. The summed E-state index contributed by atoms with van der Waals surface area (Å²) in [6.07, 6.45) is 2.69. The van der Waals surface area contributed by atoms with Crippen molar-refractivity contribution in [1.29, 1.82) is 0 Å². The largest absolute Gasteiger partial charge is 0.356 e. The Kier molecular flexibility index (Phi) is 6.05. The lowest BCUT2D eigenvalue weighted by atomic mass is 9.85. The van der Waals surface area contributed by atoms with E-state index in [1.165, 1.54) is 18.4 Å². The first kappa shape index (κ1) is 17.8. The number of nitrogens with zero attached hydrogens (tertiary/aromatic N) is 2. The van der Waals surface area contributed by atoms with Gasteiger partial charge in [-0.1, -0.05) is 44.2 Å². The molecule has 1 atom stereocenters. The second-order valence-corrected chi connectivity index (χ2v) is 7.30. The lowest BCUT2D eigenvalue weighted by Crippen LogP contribution is -2.47. The molecule has 1 fully saturated rings. The molecule has 1 aliphatic rings. The third-order valence-electron chi connectivity index (χ3n) is 4.86. The molecule has 1 aliphatic carbocycles. The number of aliphatic imine (C=N–C) groups is 1. The van der Waals surface area contributed by atoms with Crippen LogP contribution in [0.25, 0.3) is 0 Å². The first-order valence-corrected chi connectivity index (χ1v) is 8.66. The molecule has 0 bridgehead atoms. The predicted octanol–water partition coefficient (Wildman–Crippen LogP) is 2.61. The van der Waals surface area contributed by atoms with Crippen molar-refractivity contribution in [3.63, 3.8) is 0 Å². The van der Waals surface area contributed by atoms with Crippen LogP contribution in [0, 0.1) is 0 Å². The highest BCUT2D eigenvalue weighted by Gasteiger charge is 2.29. The Hall–Kier alpha value is -1.55. The lowest BCUT2D eigenvalue weighted by molar-refractivity contribution is 0.247. The molecule has 23 heavy (non-hydrogen) atoms. The van der Waals surface area contributed by atoms with Gasteiger partial charge in [0.05, 0.1) is 0 Å². The minimum atomic E-state index is 0.0648. The Morgan fingerprint density at radius 3 is 2.48 bits per heavy atom. The van der Waals surface area contributed by atoms with Gasteiger partial charge in [0.15, 0.2) is 5.96 Å². The van der Waals surface area contributed by atoms with E-state index in [1.807, 2.05) is 7.05 Å². The lowest BCUT2D eigenvalue weighted by Gasteiger charge is -2.28. The molecule has 0 aromatic heterocycles. The summed E-state index contributed by atoms with van der Waals surface area (Å²) in [7, 11) is 4.05. The first-order chi connectivity index (χ1) is 10.9. The zero-order valence-corrected chi connectivity index (χ0v) is 15.3. The molecule has 1 aromatic carbocycles. The summed E-state index contributed by atoms with van der Waals surface area (Å²) in [6.45, 7) is 8.55. The van der Waals surface area contributed by atoms with Crippen LogP contribution in [0.1, 0.15) is 39.2 Å². The maximum absolute atomic E-state index is 4.35. The molecule has 0 saturated heterocycles. The Morgan fingerprint density at radius 1 is 1.26 bits per heavy atom. The number of hydrogen-bond acceptors (Lipinski definition) is 2. The van der Waals surface area contributed by atoms with Gasteiger partial charge in [0, 0.05) is 37.6 Å². The summed E-state index contributed by atoms with van der Waals surface area (Å²) >= 11 is 0. The molecule has 4 nitrogen and oxygen atoms in total. The van der Waals surface area contributed by atoms with E-state index >= 15 is 0 Å². The maximum Gasteiger partial charge on any atom is 0.191 e. The van der Waals surface area contributed by atoms with Crippen LogP contribution in [-0.2, 0) is 5.41 Å². The second kappa shape index (κ2) is 7.82. The Balaban J connectivity index is 1.80. The van der Waals surface area contributed by atoms with Crippen molar-refractivity contribution >= 4 is 5.96 Å². The van der Waals surface area contributed by atoms with E-state index < -0.39 is 0 Å². The smallest absolute Gasteiger partial charge is 0.191 e. The van der Waals surface area contributed by atoms with Crippen LogP contribution in [-0.4, -0.2) is 50.1 Å². The van der Waals surface area contributed by atoms with E-state index in [2.05, 4.69) is 78.7 Å². The summed E-state index contributed by atoms with van der Waals surface area (Å²) in [5.41, 5.74) is 1.40. The number of nitrogens with one attached hydrogen (secondary N) is 2. The average Bonchev–Trinajstić information content (AvgIpc) is 3.39. The van der Waals surface area contributed by atoms with Gasteiger partial charge in [0.25, 0.3) is 0 Å². The van der Waals surface area contributed by atoms with Crippen LogP contribution >= 0.6 is 0 Å². The minimum Gasteiger partial charge on any atom is -0.356 e. The van der Waals surface area contributed by atoms with Gasteiger partial charge in [-0.05, 0) is 32.4 Å². The van der Waals surface area contributed by atoms with Gasteiger partial charge in [-0.3, -0.25) is 9.89 Å². The molecule has 0 heterocycles. The molecule has 0 spiro atoms. The van der Waals surface area contributed by atoms with Crippen molar-refractivity contribution in [3.8, 4) is 0 Å². The zero-order valence-electron chi connectivity index (χ0n) is 15.3. The Morgan fingerprint density at radius 2 is 1.91 bits per heavy atom. The SMILES string of the molecule is CN=C(NCC(C)N(C)C1CC1)NCC(C)(C)c1ccccc1. The number of rotatable bonds is 7. The van der Waals surface area contributed by atoms with E-state index in [9.17, 15) is 0 Å². The second-order valence-electron chi connectivity index (χ2n) is 7.30. The molecule has 128 valence electrons.